The molecule has 0 spiro atoms. The van der Waals surface area contributed by atoms with Crippen molar-refractivity contribution in [3.8, 4) is 0 Å². The van der Waals surface area contributed by atoms with Crippen LogP contribution in [0, 0.1) is 6.92 Å². The first-order chi connectivity index (χ1) is 12.5. The molecule has 138 valence electrons. The van der Waals surface area contributed by atoms with Gasteiger partial charge in [-0.1, -0.05) is 42.7 Å². The number of anilines is 1. The van der Waals surface area contributed by atoms with Crippen LogP contribution in [0.5, 0.6) is 0 Å². The predicted molar refractivity (Wildman–Crippen MR) is 107 cm³/mol. The Kier molecular flexibility index (Phi) is 6.32. The molecule has 1 fully saturated rings. The molecule has 2 amide bonds. The van der Waals surface area contributed by atoms with Crippen molar-refractivity contribution in [3.05, 3.63) is 41.1 Å². The van der Waals surface area contributed by atoms with Crippen molar-refractivity contribution in [2.45, 2.75) is 49.2 Å². The van der Waals surface area contributed by atoms with Crippen LogP contribution in [0.1, 0.15) is 59.6 Å². The SMILES string of the molecule is Cc1nc(NC(=O)c2ccc(C3CCCCC3)cc2)sc1SCC(N)=O. The van der Waals surface area contributed by atoms with E-state index in [1.54, 1.807) is 0 Å². The highest BCUT2D eigenvalue weighted by molar-refractivity contribution is 8.01. The number of rotatable bonds is 6. The Bertz CT molecular complexity index is 781. The molecule has 0 atom stereocenters. The van der Waals surface area contributed by atoms with Crippen LogP contribution in [0.25, 0.3) is 0 Å². The number of hydrogen-bond donors (Lipinski definition) is 2. The van der Waals surface area contributed by atoms with Gasteiger partial charge in [-0.25, -0.2) is 4.98 Å². The van der Waals surface area contributed by atoms with Gasteiger partial charge in [0.25, 0.3) is 5.91 Å². The fourth-order valence-corrected chi connectivity index (χ4v) is 5.09. The van der Waals surface area contributed by atoms with Crippen LogP contribution in [0.15, 0.2) is 28.5 Å². The Morgan fingerprint density at radius 2 is 1.92 bits per heavy atom. The third-order valence-corrected chi connectivity index (χ3v) is 7.03. The number of primary amides is 1. The van der Waals surface area contributed by atoms with Gasteiger partial charge in [-0.2, -0.15) is 0 Å². The van der Waals surface area contributed by atoms with E-state index in [0.717, 1.165) is 9.90 Å². The molecule has 1 saturated carbocycles. The number of nitrogens with zero attached hydrogens (tertiary/aromatic N) is 1. The van der Waals surface area contributed by atoms with Crippen LogP contribution in [0.2, 0.25) is 0 Å². The number of carbonyl (C=O) groups excluding carboxylic acids is 2. The Balaban J connectivity index is 1.62. The topological polar surface area (TPSA) is 85.1 Å². The standard InChI is InChI=1S/C19H23N3O2S2/c1-12-18(25-11-16(20)23)26-19(21-12)22-17(24)15-9-7-14(8-10-15)13-5-3-2-4-6-13/h7-10,13H,2-6,11H2,1H3,(H2,20,23)(H,21,22,24). The second-order valence-electron chi connectivity index (χ2n) is 6.56. The third kappa shape index (κ3) is 4.86. The normalized spacial score (nSPS) is 15.0. The van der Waals surface area contributed by atoms with Gasteiger partial charge in [-0.3, -0.25) is 14.9 Å². The molecule has 1 aliphatic rings. The lowest BCUT2D eigenvalue weighted by Gasteiger charge is -2.22. The molecule has 0 bridgehead atoms. The minimum atomic E-state index is -0.369. The summed E-state index contributed by atoms with van der Waals surface area (Å²) in [6.45, 7) is 1.86. The summed E-state index contributed by atoms with van der Waals surface area (Å²) in [6, 6.07) is 7.93. The zero-order valence-electron chi connectivity index (χ0n) is 14.8. The lowest BCUT2D eigenvalue weighted by molar-refractivity contribution is -0.115. The van der Waals surface area contributed by atoms with Gasteiger partial charge in [-0.15, -0.1) is 11.8 Å². The van der Waals surface area contributed by atoms with Crippen LogP contribution in [0.4, 0.5) is 5.13 Å². The van der Waals surface area contributed by atoms with Crippen LogP contribution >= 0.6 is 23.1 Å². The molecule has 26 heavy (non-hydrogen) atoms. The van der Waals surface area contributed by atoms with E-state index in [0.29, 0.717) is 16.6 Å². The number of nitrogens with two attached hydrogens (primary N) is 1. The molecule has 1 aliphatic carbocycles. The van der Waals surface area contributed by atoms with Gasteiger partial charge in [0, 0.05) is 5.56 Å². The Labute approximate surface area is 161 Å². The molecule has 1 aromatic heterocycles. The number of benzene rings is 1. The maximum Gasteiger partial charge on any atom is 0.257 e. The Morgan fingerprint density at radius 1 is 1.23 bits per heavy atom. The van der Waals surface area contributed by atoms with E-state index in [1.807, 2.05) is 19.1 Å². The average molecular weight is 390 g/mol. The lowest BCUT2D eigenvalue weighted by Crippen LogP contribution is -2.12. The van der Waals surface area contributed by atoms with Crippen molar-refractivity contribution in [2.24, 2.45) is 5.73 Å². The smallest absolute Gasteiger partial charge is 0.257 e. The van der Waals surface area contributed by atoms with Crippen molar-refractivity contribution in [2.75, 3.05) is 11.1 Å². The van der Waals surface area contributed by atoms with E-state index in [4.69, 9.17) is 5.73 Å². The fraction of sp³-hybridized carbons (Fsp3) is 0.421. The first-order valence-corrected chi connectivity index (χ1v) is 10.6. The molecule has 3 rings (SSSR count). The summed E-state index contributed by atoms with van der Waals surface area (Å²) in [6.07, 6.45) is 6.42. The second kappa shape index (κ2) is 8.68. The number of thioether (sulfide) groups is 1. The van der Waals surface area contributed by atoms with Gasteiger partial charge >= 0.3 is 0 Å². The van der Waals surface area contributed by atoms with Crippen molar-refractivity contribution in [1.29, 1.82) is 0 Å². The van der Waals surface area contributed by atoms with E-state index in [2.05, 4.69) is 22.4 Å². The minimum absolute atomic E-state index is 0.166. The highest BCUT2D eigenvalue weighted by atomic mass is 32.2. The first-order valence-electron chi connectivity index (χ1n) is 8.83. The minimum Gasteiger partial charge on any atom is -0.369 e. The highest BCUT2D eigenvalue weighted by Gasteiger charge is 2.17. The fourth-order valence-electron chi connectivity index (χ4n) is 3.22. The maximum atomic E-state index is 12.5. The average Bonchev–Trinajstić information content (AvgIpc) is 3.00. The summed E-state index contributed by atoms with van der Waals surface area (Å²) in [5.41, 5.74) is 7.93. The summed E-state index contributed by atoms with van der Waals surface area (Å²) >= 11 is 2.71. The molecule has 0 aliphatic heterocycles. The largest absolute Gasteiger partial charge is 0.369 e. The van der Waals surface area contributed by atoms with Gasteiger partial charge in [0.2, 0.25) is 5.91 Å². The van der Waals surface area contributed by atoms with Crippen molar-refractivity contribution >= 4 is 40.0 Å². The van der Waals surface area contributed by atoms with Gasteiger partial charge < -0.3 is 5.73 Å². The number of carbonyl (C=O) groups is 2. The van der Waals surface area contributed by atoms with Gasteiger partial charge in [0.1, 0.15) is 0 Å². The summed E-state index contributed by atoms with van der Waals surface area (Å²) < 4.78 is 0.895. The zero-order chi connectivity index (χ0) is 18.5. The van der Waals surface area contributed by atoms with Crippen LogP contribution in [-0.4, -0.2) is 22.6 Å². The monoisotopic (exact) mass is 389 g/mol. The van der Waals surface area contributed by atoms with E-state index in [9.17, 15) is 9.59 Å². The number of nitrogens with one attached hydrogen (secondary N) is 1. The van der Waals surface area contributed by atoms with Crippen molar-refractivity contribution < 1.29 is 9.59 Å². The molecule has 5 nitrogen and oxygen atoms in total. The molecule has 1 aromatic carbocycles. The molecule has 1 heterocycles. The number of amides is 2. The van der Waals surface area contributed by atoms with E-state index < -0.39 is 0 Å². The summed E-state index contributed by atoms with van der Waals surface area (Å²) in [5, 5.41) is 3.38. The number of hydrogen-bond acceptors (Lipinski definition) is 5. The lowest BCUT2D eigenvalue weighted by atomic mass is 9.84. The summed E-state index contributed by atoms with van der Waals surface area (Å²) in [5.74, 6) is 0.304. The van der Waals surface area contributed by atoms with E-state index in [1.165, 1.54) is 60.8 Å². The molecule has 0 saturated heterocycles. The first kappa shape index (κ1) is 18.9. The molecule has 0 unspecified atom stereocenters. The molecule has 0 radical (unpaired) electrons. The van der Waals surface area contributed by atoms with Crippen LogP contribution in [-0.2, 0) is 4.79 Å². The van der Waals surface area contributed by atoms with Crippen LogP contribution < -0.4 is 11.1 Å². The molecular formula is C19H23N3O2S2. The Hall–Kier alpha value is -1.86. The number of aromatic nitrogens is 1. The summed E-state index contributed by atoms with van der Waals surface area (Å²) in [7, 11) is 0. The van der Waals surface area contributed by atoms with Crippen LogP contribution in [0.3, 0.4) is 0 Å². The van der Waals surface area contributed by atoms with Gasteiger partial charge in [0.15, 0.2) is 5.13 Å². The number of aryl methyl sites for hydroxylation is 1. The van der Waals surface area contributed by atoms with Gasteiger partial charge in [0.05, 0.1) is 15.7 Å². The number of thiazole rings is 1. The third-order valence-electron chi connectivity index (χ3n) is 4.57. The molecule has 7 heteroatoms. The second-order valence-corrected chi connectivity index (χ2v) is 8.80. The van der Waals surface area contributed by atoms with Crippen molar-refractivity contribution in [3.63, 3.8) is 0 Å². The molecular weight excluding hydrogens is 366 g/mol. The van der Waals surface area contributed by atoms with Crippen molar-refractivity contribution in [1.82, 2.24) is 4.98 Å². The maximum absolute atomic E-state index is 12.5. The van der Waals surface area contributed by atoms with Gasteiger partial charge in [-0.05, 0) is 43.4 Å². The Morgan fingerprint density at radius 3 is 2.58 bits per heavy atom. The van der Waals surface area contributed by atoms with E-state index >= 15 is 0 Å². The molecule has 2 aromatic rings. The quantitative estimate of drug-likeness (QED) is 0.720. The van der Waals surface area contributed by atoms with E-state index in [-0.39, 0.29) is 17.6 Å². The molecule has 3 N–H and O–H groups in total. The predicted octanol–water partition coefficient (Wildman–Crippen LogP) is 4.33. The highest BCUT2D eigenvalue weighted by Crippen LogP contribution is 2.33. The summed E-state index contributed by atoms with van der Waals surface area (Å²) in [4.78, 5) is 27.7. The zero-order valence-corrected chi connectivity index (χ0v) is 16.4.